The monoisotopic (exact) mass is 278 g/mol. The molecule has 1 heterocycles. The number of ether oxygens (including phenoxy) is 2. The van der Waals surface area contributed by atoms with Gasteiger partial charge in [-0.2, -0.15) is 5.10 Å². The number of rotatable bonds is 4. The van der Waals surface area contributed by atoms with E-state index < -0.39 is 6.10 Å². The van der Waals surface area contributed by atoms with Crippen LogP contribution in [0.15, 0.2) is 23.3 Å². The maximum absolute atomic E-state index is 11.4. The standard InChI is InChI=1S/C14H18N2O4/c1-8-10(7-13(17)16-15-8)14(18)9-4-5-11(19-2)12(6-9)20-3/h4-6,10,14,18H,7H2,1-3H3,(H,16,17)/t10-,14-/m1/s1. The number of aliphatic hydroxyl groups is 1. The summed E-state index contributed by atoms with van der Waals surface area (Å²) >= 11 is 0. The van der Waals surface area contributed by atoms with Crippen molar-refractivity contribution in [3.05, 3.63) is 23.8 Å². The van der Waals surface area contributed by atoms with Crippen LogP contribution in [0.25, 0.3) is 0 Å². The average Bonchev–Trinajstić information content (AvgIpc) is 2.48. The van der Waals surface area contributed by atoms with Crippen LogP contribution >= 0.6 is 0 Å². The van der Waals surface area contributed by atoms with E-state index in [1.54, 1.807) is 32.2 Å². The van der Waals surface area contributed by atoms with Gasteiger partial charge in [-0.15, -0.1) is 0 Å². The zero-order valence-electron chi connectivity index (χ0n) is 11.7. The van der Waals surface area contributed by atoms with Gasteiger partial charge in [-0.1, -0.05) is 6.07 Å². The minimum absolute atomic E-state index is 0.194. The fourth-order valence-electron chi connectivity index (χ4n) is 2.24. The Hall–Kier alpha value is -2.08. The van der Waals surface area contributed by atoms with Crippen molar-refractivity contribution in [2.45, 2.75) is 19.4 Å². The van der Waals surface area contributed by atoms with E-state index in [-0.39, 0.29) is 18.2 Å². The number of amides is 1. The lowest BCUT2D eigenvalue weighted by molar-refractivity contribution is -0.122. The third kappa shape index (κ3) is 2.75. The Kier molecular flexibility index (Phi) is 4.24. The Balaban J connectivity index is 2.29. The highest BCUT2D eigenvalue weighted by molar-refractivity contribution is 5.93. The number of methoxy groups -OCH3 is 2. The van der Waals surface area contributed by atoms with Gasteiger partial charge in [0.15, 0.2) is 11.5 Å². The molecule has 1 aromatic rings. The number of hydrogen-bond acceptors (Lipinski definition) is 5. The number of nitrogens with zero attached hydrogens (tertiary/aromatic N) is 1. The fourth-order valence-corrected chi connectivity index (χ4v) is 2.24. The number of hydrogen-bond donors (Lipinski definition) is 2. The highest BCUT2D eigenvalue weighted by atomic mass is 16.5. The van der Waals surface area contributed by atoms with Gasteiger partial charge in [-0.3, -0.25) is 4.79 Å². The first-order valence-electron chi connectivity index (χ1n) is 6.29. The normalized spacial score (nSPS) is 19.9. The Morgan fingerprint density at radius 3 is 2.70 bits per heavy atom. The van der Waals surface area contributed by atoms with E-state index >= 15 is 0 Å². The molecule has 0 saturated carbocycles. The molecule has 0 unspecified atom stereocenters. The number of carbonyl (C=O) groups excluding carboxylic acids is 1. The molecule has 1 aliphatic rings. The van der Waals surface area contributed by atoms with Crippen molar-refractivity contribution < 1.29 is 19.4 Å². The van der Waals surface area contributed by atoms with Crippen LogP contribution in [-0.4, -0.2) is 30.9 Å². The largest absolute Gasteiger partial charge is 0.493 e. The lowest BCUT2D eigenvalue weighted by Crippen LogP contribution is -2.34. The molecule has 0 radical (unpaired) electrons. The van der Waals surface area contributed by atoms with Crippen molar-refractivity contribution in [1.82, 2.24) is 5.43 Å². The Bertz CT molecular complexity index is 542. The van der Waals surface area contributed by atoms with Crippen molar-refractivity contribution >= 4 is 11.6 Å². The summed E-state index contributed by atoms with van der Waals surface area (Å²) in [4.78, 5) is 11.4. The smallest absolute Gasteiger partial charge is 0.240 e. The van der Waals surface area contributed by atoms with Gasteiger partial charge in [0.05, 0.1) is 20.3 Å². The molecule has 0 bridgehead atoms. The fraction of sp³-hybridized carbons (Fsp3) is 0.429. The second-order valence-corrected chi connectivity index (χ2v) is 4.66. The maximum atomic E-state index is 11.4. The highest BCUT2D eigenvalue weighted by Gasteiger charge is 2.29. The topological polar surface area (TPSA) is 80.2 Å². The summed E-state index contributed by atoms with van der Waals surface area (Å²) < 4.78 is 10.4. The predicted octanol–water partition coefficient (Wildman–Crippen LogP) is 1.25. The first kappa shape index (κ1) is 14.3. The molecule has 0 saturated heterocycles. The Labute approximate surface area is 117 Å². The first-order chi connectivity index (χ1) is 9.56. The summed E-state index contributed by atoms with van der Waals surface area (Å²) in [6.45, 7) is 1.79. The summed E-state index contributed by atoms with van der Waals surface area (Å²) in [7, 11) is 3.09. The molecule has 6 heteroatoms. The quantitative estimate of drug-likeness (QED) is 0.868. The van der Waals surface area contributed by atoms with Gasteiger partial charge < -0.3 is 14.6 Å². The molecule has 2 atom stereocenters. The van der Waals surface area contributed by atoms with Crippen LogP contribution in [0, 0.1) is 5.92 Å². The Morgan fingerprint density at radius 2 is 2.05 bits per heavy atom. The number of nitrogens with one attached hydrogen (secondary N) is 1. The van der Waals surface area contributed by atoms with Crippen molar-refractivity contribution in [2.24, 2.45) is 11.0 Å². The minimum atomic E-state index is -0.815. The summed E-state index contributed by atoms with van der Waals surface area (Å²) in [5.74, 6) is 0.608. The van der Waals surface area contributed by atoms with Gasteiger partial charge in [0.25, 0.3) is 0 Å². The summed E-state index contributed by atoms with van der Waals surface area (Å²) in [5.41, 5.74) is 3.77. The lowest BCUT2D eigenvalue weighted by Gasteiger charge is -2.26. The van der Waals surface area contributed by atoms with Gasteiger partial charge >= 0.3 is 0 Å². The van der Waals surface area contributed by atoms with Crippen LogP contribution in [0.1, 0.15) is 25.0 Å². The molecule has 0 aliphatic carbocycles. The van der Waals surface area contributed by atoms with Crippen molar-refractivity contribution in [2.75, 3.05) is 14.2 Å². The van der Waals surface area contributed by atoms with Gasteiger partial charge in [0.1, 0.15) is 0 Å². The van der Waals surface area contributed by atoms with E-state index in [4.69, 9.17) is 9.47 Å². The minimum Gasteiger partial charge on any atom is -0.493 e. The Morgan fingerprint density at radius 1 is 1.35 bits per heavy atom. The molecule has 6 nitrogen and oxygen atoms in total. The molecule has 1 amide bonds. The van der Waals surface area contributed by atoms with Gasteiger partial charge in [-0.05, 0) is 24.6 Å². The highest BCUT2D eigenvalue weighted by Crippen LogP contribution is 2.34. The van der Waals surface area contributed by atoms with E-state index in [1.165, 1.54) is 7.11 Å². The zero-order chi connectivity index (χ0) is 14.7. The van der Waals surface area contributed by atoms with Crippen molar-refractivity contribution in [3.63, 3.8) is 0 Å². The zero-order valence-corrected chi connectivity index (χ0v) is 11.7. The second kappa shape index (κ2) is 5.92. The molecule has 0 fully saturated rings. The van der Waals surface area contributed by atoms with Crippen LogP contribution < -0.4 is 14.9 Å². The van der Waals surface area contributed by atoms with Crippen LogP contribution in [0.2, 0.25) is 0 Å². The van der Waals surface area contributed by atoms with E-state index in [0.29, 0.717) is 22.8 Å². The maximum Gasteiger partial charge on any atom is 0.240 e. The third-order valence-corrected chi connectivity index (χ3v) is 3.43. The van der Waals surface area contributed by atoms with Gasteiger partial charge in [0.2, 0.25) is 5.91 Å². The molecule has 2 N–H and O–H groups in total. The lowest BCUT2D eigenvalue weighted by atomic mass is 9.88. The van der Waals surface area contributed by atoms with E-state index in [1.807, 2.05) is 0 Å². The second-order valence-electron chi connectivity index (χ2n) is 4.66. The molecular weight excluding hydrogens is 260 g/mol. The average molecular weight is 278 g/mol. The van der Waals surface area contributed by atoms with Crippen molar-refractivity contribution in [1.29, 1.82) is 0 Å². The van der Waals surface area contributed by atoms with Crippen molar-refractivity contribution in [3.8, 4) is 11.5 Å². The molecule has 2 rings (SSSR count). The van der Waals surface area contributed by atoms with E-state index in [9.17, 15) is 9.90 Å². The number of hydrazone groups is 1. The van der Waals surface area contributed by atoms with Crippen LogP contribution in [0.5, 0.6) is 11.5 Å². The van der Waals surface area contributed by atoms with Crippen LogP contribution in [0.3, 0.4) is 0 Å². The molecule has 20 heavy (non-hydrogen) atoms. The van der Waals surface area contributed by atoms with Gasteiger partial charge in [0, 0.05) is 18.1 Å². The van der Waals surface area contributed by atoms with Gasteiger partial charge in [-0.25, -0.2) is 5.43 Å². The number of aliphatic hydroxyl groups excluding tert-OH is 1. The molecule has 0 spiro atoms. The van der Waals surface area contributed by atoms with E-state index in [0.717, 1.165) is 0 Å². The molecule has 1 aliphatic heterocycles. The first-order valence-corrected chi connectivity index (χ1v) is 6.29. The van der Waals surface area contributed by atoms with E-state index in [2.05, 4.69) is 10.5 Å². The van der Waals surface area contributed by atoms with Crippen LogP contribution in [-0.2, 0) is 4.79 Å². The summed E-state index contributed by atoms with van der Waals surface area (Å²) in [5, 5.41) is 14.4. The predicted molar refractivity (Wildman–Crippen MR) is 73.9 cm³/mol. The molecule has 1 aromatic carbocycles. The summed E-state index contributed by atoms with van der Waals surface area (Å²) in [6, 6.07) is 5.20. The third-order valence-electron chi connectivity index (χ3n) is 3.43. The summed E-state index contributed by atoms with van der Waals surface area (Å²) in [6.07, 6.45) is -0.602. The molecule has 108 valence electrons. The number of benzene rings is 1. The van der Waals surface area contributed by atoms with Crippen LogP contribution in [0.4, 0.5) is 0 Å². The molecular formula is C14H18N2O4. The molecule has 0 aromatic heterocycles. The SMILES string of the molecule is COc1ccc([C@@H](O)[C@@H]2CC(=O)NN=C2C)cc1OC. The number of carbonyl (C=O) groups is 1.